The molecule has 0 amide bonds. The summed E-state index contributed by atoms with van der Waals surface area (Å²) in [7, 11) is 3.29. The van der Waals surface area contributed by atoms with Crippen LogP contribution in [-0.2, 0) is 6.54 Å². The molecule has 1 fully saturated rings. The predicted molar refractivity (Wildman–Crippen MR) is 69.1 cm³/mol. The Morgan fingerprint density at radius 2 is 1.94 bits per heavy atom. The zero-order valence-electron chi connectivity index (χ0n) is 10.3. The number of hydrogen-bond acceptors (Lipinski definition) is 3. The molecule has 0 spiro atoms. The molecule has 1 aromatic carbocycles. The minimum Gasteiger partial charge on any atom is -0.493 e. The van der Waals surface area contributed by atoms with E-state index in [0.717, 1.165) is 18.0 Å². The van der Waals surface area contributed by atoms with Gasteiger partial charge in [0.05, 0.1) is 14.2 Å². The van der Waals surface area contributed by atoms with Crippen molar-refractivity contribution in [3.63, 3.8) is 0 Å². The molecule has 1 aliphatic rings. The molecule has 1 aliphatic carbocycles. The van der Waals surface area contributed by atoms with Gasteiger partial charge in [-0.1, -0.05) is 6.07 Å². The summed E-state index contributed by atoms with van der Waals surface area (Å²) in [5.74, 6) is 2.21. The summed E-state index contributed by atoms with van der Waals surface area (Å²) >= 11 is 5.92. The number of methoxy groups -OCH3 is 2. The van der Waals surface area contributed by atoms with Crippen LogP contribution in [0.15, 0.2) is 18.2 Å². The molecule has 0 saturated heterocycles. The number of ether oxygens (including phenoxy) is 2. The molecule has 2 rings (SSSR count). The van der Waals surface area contributed by atoms with Crippen molar-refractivity contribution in [2.45, 2.75) is 24.9 Å². The fourth-order valence-corrected chi connectivity index (χ4v) is 2.15. The van der Waals surface area contributed by atoms with E-state index in [4.69, 9.17) is 21.1 Å². The first kappa shape index (κ1) is 12.5. The van der Waals surface area contributed by atoms with Crippen LogP contribution in [0.2, 0.25) is 0 Å². The van der Waals surface area contributed by atoms with Crippen LogP contribution >= 0.6 is 11.6 Å². The number of nitrogens with one attached hydrogen (secondary N) is 1. The van der Waals surface area contributed by atoms with Crippen molar-refractivity contribution in [2.24, 2.45) is 0 Å². The van der Waals surface area contributed by atoms with Gasteiger partial charge < -0.3 is 14.8 Å². The molecule has 1 N–H and O–H groups in total. The van der Waals surface area contributed by atoms with Crippen LogP contribution < -0.4 is 14.8 Å². The third-order valence-electron chi connectivity index (χ3n) is 3.22. The van der Waals surface area contributed by atoms with E-state index < -0.39 is 0 Å². The van der Waals surface area contributed by atoms with Gasteiger partial charge in [0.25, 0.3) is 0 Å². The van der Waals surface area contributed by atoms with E-state index in [9.17, 15) is 0 Å². The summed E-state index contributed by atoms with van der Waals surface area (Å²) in [5.41, 5.74) is 1.35. The second-order valence-corrected chi connectivity index (χ2v) is 4.72. The lowest BCUT2D eigenvalue weighted by Gasteiger charge is -2.15. The van der Waals surface area contributed by atoms with Gasteiger partial charge in [-0.05, 0) is 30.5 Å². The Hall–Kier alpha value is -0.930. The second-order valence-electron chi connectivity index (χ2n) is 4.46. The maximum atomic E-state index is 5.92. The first-order valence-corrected chi connectivity index (χ1v) is 6.28. The summed E-state index contributed by atoms with van der Waals surface area (Å²) in [5, 5.41) is 3.50. The average molecular weight is 256 g/mol. The quantitative estimate of drug-likeness (QED) is 0.793. The molecule has 0 aliphatic heterocycles. The third-order valence-corrected chi connectivity index (χ3v) is 3.74. The van der Waals surface area contributed by atoms with Crippen molar-refractivity contribution < 1.29 is 9.47 Å². The summed E-state index contributed by atoms with van der Waals surface area (Å²) in [6.07, 6.45) is 2.34. The molecule has 1 saturated carbocycles. The lowest BCUT2D eigenvalue weighted by atomic mass is 10.2. The highest BCUT2D eigenvalue weighted by Crippen LogP contribution is 2.37. The molecular formula is C13H18ClNO2. The zero-order chi connectivity index (χ0) is 12.3. The van der Waals surface area contributed by atoms with Crippen LogP contribution in [0.1, 0.15) is 18.4 Å². The van der Waals surface area contributed by atoms with Crippen molar-refractivity contribution in [1.29, 1.82) is 0 Å². The molecule has 17 heavy (non-hydrogen) atoms. The molecule has 0 radical (unpaired) electrons. The molecule has 3 nitrogen and oxygen atoms in total. The largest absolute Gasteiger partial charge is 0.493 e. The summed E-state index contributed by atoms with van der Waals surface area (Å²) in [4.78, 5) is 0. The molecule has 4 heteroatoms. The van der Waals surface area contributed by atoms with Gasteiger partial charge in [-0.25, -0.2) is 0 Å². The van der Waals surface area contributed by atoms with Gasteiger partial charge in [0.1, 0.15) is 0 Å². The number of halogens is 1. The molecule has 0 aromatic heterocycles. The summed E-state index contributed by atoms with van der Waals surface area (Å²) < 4.78 is 10.5. The Morgan fingerprint density at radius 1 is 1.24 bits per heavy atom. The van der Waals surface area contributed by atoms with E-state index in [-0.39, 0.29) is 5.54 Å². The Bertz CT molecular complexity index is 391. The molecule has 0 heterocycles. The standard InChI is InChI=1S/C13H18ClNO2/c1-16-11-4-3-10(7-12(11)17-2)8-15-13(9-14)5-6-13/h3-4,7,15H,5-6,8-9H2,1-2H3. The van der Waals surface area contributed by atoms with Gasteiger partial charge >= 0.3 is 0 Å². The summed E-state index contributed by atoms with van der Waals surface area (Å²) in [6, 6.07) is 5.96. The van der Waals surface area contributed by atoms with Crippen LogP contribution in [-0.4, -0.2) is 25.6 Å². The van der Waals surface area contributed by atoms with Crippen LogP contribution in [0.25, 0.3) is 0 Å². The highest BCUT2D eigenvalue weighted by Gasteiger charge is 2.40. The number of hydrogen-bond donors (Lipinski definition) is 1. The minimum absolute atomic E-state index is 0.175. The Morgan fingerprint density at radius 3 is 2.47 bits per heavy atom. The van der Waals surface area contributed by atoms with Crippen LogP contribution in [0.4, 0.5) is 0 Å². The van der Waals surface area contributed by atoms with Crippen LogP contribution in [0.5, 0.6) is 11.5 Å². The van der Waals surface area contributed by atoms with Crippen LogP contribution in [0, 0.1) is 0 Å². The van der Waals surface area contributed by atoms with E-state index >= 15 is 0 Å². The first-order chi connectivity index (χ1) is 8.23. The first-order valence-electron chi connectivity index (χ1n) is 5.75. The number of alkyl halides is 1. The molecule has 94 valence electrons. The van der Waals surface area contributed by atoms with Gasteiger partial charge in [-0.2, -0.15) is 0 Å². The molecule has 1 aromatic rings. The number of rotatable bonds is 6. The lowest BCUT2D eigenvalue weighted by molar-refractivity contribution is 0.354. The highest BCUT2D eigenvalue weighted by atomic mass is 35.5. The Kier molecular flexibility index (Phi) is 3.79. The molecular weight excluding hydrogens is 238 g/mol. The second kappa shape index (κ2) is 5.15. The Labute approximate surface area is 107 Å². The lowest BCUT2D eigenvalue weighted by Crippen LogP contribution is -2.32. The third kappa shape index (κ3) is 2.85. The maximum Gasteiger partial charge on any atom is 0.161 e. The maximum absolute atomic E-state index is 5.92. The van der Waals surface area contributed by atoms with E-state index in [0.29, 0.717) is 5.88 Å². The van der Waals surface area contributed by atoms with E-state index in [2.05, 4.69) is 5.32 Å². The van der Waals surface area contributed by atoms with Crippen molar-refractivity contribution in [3.05, 3.63) is 23.8 Å². The van der Waals surface area contributed by atoms with Crippen molar-refractivity contribution in [1.82, 2.24) is 5.32 Å². The molecule has 0 bridgehead atoms. The van der Waals surface area contributed by atoms with Gasteiger partial charge in [-0.15, -0.1) is 11.6 Å². The zero-order valence-corrected chi connectivity index (χ0v) is 11.0. The normalized spacial score (nSPS) is 16.6. The van der Waals surface area contributed by atoms with E-state index in [1.54, 1.807) is 14.2 Å². The van der Waals surface area contributed by atoms with E-state index in [1.165, 1.54) is 18.4 Å². The highest BCUT2D eigenvalue weighted by molar-refractivity contribution is 6.18. The van der Waals surface area contributed by atoms with Gasteiger partial charge in [0.15, 0.2) is 11.5 Å². The minimum atomic E-state index is 0.175. The number of benzene rings is 1. The van der Waals surface area contributed by atoms with Gasteiger partial charge in [-0.3, -0.25) is 0 Å². The Balaban J connectivity index is 2.01. The molecule has 0 unspecified atom stereocenters. The van der Waals surface area contributed by atoms with Crippen molar-refractivity contribution >= 4 is 11.6 Å². The van der Waals surface area contributed by atoms with Gasteiger partial charge in [0, 0.05) is 18.0 Å². The predicted octanol–water partition coefficient (Wildman–Crippen LogP) is 2.56. The monoisotopic (exact) mass is 255 g/mol. The van der Waals surface area contributed by atoms with Crippen molar-refractivity contribution in [2.75, 3.05) is 20.1 Å². The van der Waals surface area contributed by atoms with Crippen molar-refractivity contribution in [3.8, 4) is 11.5 Å². The fraction of sp³-hybridized carbons (Fsp3) is 0.538. The van der Waals surface area contributed by atoms with Gasteiger partial charge in [0.2, 0.25) is 0 Å². The fourth-order valence-electron chi connectivity index (χ4n) is 1.79. The summed E-state index contributed by atoms with van der Waals surface area (Å²) in [6.45, 7) is 0.813. The SMILES string of the molecule is COc1ccc(CNC2(CCl)CC2)cc1OC. The van der Waals surface area contributed by atoms with E-state index in [1.807, 2.05) is 18.2 Å². The smallest absolute Gasteiger partial charge is 0.161 e. The topological polar surface area (TPSA) is 30.5 Å². The molecule has 0 atom stereocenters. The van der Waals surface area contributed by atoms with Crippen LogP contribution in [0.3, 0.4) is 0 Å². The average Bonchev–Trinajstić information content (AvgIpc) is 3.16.